The number of nitrogens with zero attached hydrogens (tertiary/aromatic N) is 1. The summed E-state index contributed by atoms with van der Waals surface area (Å²) in [5, 5.41) is 10.6. The van der Waals surface area contributed by atoms with Crippen LogP contribution in [0.4, 0.5) is 31.1 Å². The normalized spacial score (nSPS) is 18.3. The van der Waals surface area contributed by atoms with Gasteiger partial charge < -0.3 is 9.84 Å². The molecule has 0 saturated carbocycles. The average Bonchev–Trinajstić information content (AvgIpc) is 3.14. The molecule has 0 aromatic heterocycles. The molecule has 2 aromatic carbocycles. The second kappa shape index (κ2) is 8.89. The number of carbonyl (C=O) groups is 2. The number of ether oxygens (including phenoxy) is 1. The highest BCUT2D eigenvalue weighted by Crippen LogP contribution is 2.39. The highest BCUT2D eigenvalue weighted by Gasteiger charge is 2.42. The fourth-order valence-corrected chi connectivity index (χ4v) is 3.42. The Kier molecular flexibility index (Phi) is 6.55. The van der Waals surface area contributed by atoms with Crippen LogP contribution in [0.1, 0.15) is 41.3 Å². The average molecular weight is 473 g/mol. The van der Waals surface area contributed by atoms with Crippen molar-refractivity contribution in [3.63, 3.8) is 0 Å². The van der Waals surface area contributed by atoms with Crippen molar-refractivity contribution in [2.45, 2.75) is 31.4 Å². The number of hydrogen-bond donors (Lipinski definition) is 1. The highest BCUT2D eigenvalue weighted by molar-refractivity contribution is 6.04. The van der Waals surface area contributed by atoms with Crippen molar-refractivity contribution in [3.8, 4) is 0 Å². The lowest BCUT2D eigenvalue weighted by Crippen LogP contribution is -2.36. The minimum atomic E-state index is -5.13. The molecule has 0 radical (unpaired) electrons. The maximum absolute atomic E-state index is 13.2. The quantitative estimate of drug-likeness (QED) is 0.476. The molecule has 176 valence electrons. The number of hydrogen-bond acceptors (Lipinski definition) is 4. The van der Waals surface area contributed by atoms with Crippen LogP contribution in [0, 0.1) is 0 Å². The van der Waals surface area contributed by atoms with Gasteiger partial charge in [-0.3, -0.25) is 4.79 Å². The first kappa shape index (κ1) is 24.3. The van der Waals surface area contributed by atoms with Crippen LogP contribution in [0.2, 0.25) is 0 Å². The number of carbonyl (C=O) groups excluding carboxylic acids is 2. The van der Waals surface area contributed by atoms with E-state index < -0.39 is 58.8 Å². The molecule has 0 unspecified atom stereocenters. The van der Waals surface area contributed by atoms with Crippen LogP contribution in [-0.4, -0.2) is 28.6 Å². The molecule has 2 amide bonds. The van der Waals surface area contributed by atoms with Crippen LogP contribution < -0.4 is 0 Å². The molecular weight excluding hydrogens is 456 g/mol. The van der Waals surface area contributed by atoms with E-state index in [2.05, 4.69) is 0 Å². The minimum Gasteiger partial charge on any atom is -0.446 e. The highest BCUT2D eigenvalue weighted by atomic mass is 19.4. The first-order chi connectivity index (χ1) is 15.3. The summed E-state index contributed by atoms with van der Waals surface area (Å²) in [6.45, 7) is 1.05. The van der Waals surface area contributed by atoms with Crippen LogP contribution in [0.25, 0.3) is 0 Å². The molecule has 0 aliphatic carbocycles. The third-order valence-corrected chi connectivity index (χ3v) is 5.05. The third-order valence-electron chi connectivity index (χ3n) is 5.05. The minimum absolute atomic E-state index is 0.0867. The van der Waals surface area contributed by atoms with Crippen LogP contribution >= 0.6 is 0 Å². The number of aliphatic hydroxyl groups excluding tert-OH is 1. The Hall–Kier alpha value is -3.34. The zero-order chi connectivity index (χ0) is 24.6. The number of aliphatic hydroxyl groups is 1. The zero-order valence-electron chi connectivity index (χ0n) is 16.9. The van der Waals surface area contributed by atoms with Gasteiger partial charge in [-0.1, -0.05) is 36.4 Å². The second-order valence-electron chi connectivity index (χ2n) is 7.16. The fourth-order valence-electron chi connectivity index (χ4n) is 3.42. The molecule has 2 aromatic rings. The lowest BCUT2D eigenvalue weighted by atomic mass is 9.95. The summed E-state index contributed by atoms with van der Waals surface area (Å²) in [5.41, 5.74) is -4.15. The third kappa shape index (κ3) is 5.03. The summed E-state index contributed by atoms with van der Waals surface area (Å²) in [6, 6.07) is 7.89. The molecular formula is C22H17F6NO4. The van der Waals surface area contributed by atoms with E-state index in [4.69, 9.17) is 4.74 Å². The summed E-state index contributed by atoms with van der Waals surface area (Å²) < 4.78 is 84.0. The number of benzene rings is 2. The molecule has 11 heteroatoms. The van der Waals surface area contributed by atoms with Gasteiger partial charge in [-0.25, -0.2) is 9.69 Å². The molecule has 1 N–H and O–H groups in total. The summed E-state index contributed by atoms with van der Waals surface area (Å²) in [7, 11) is 0. The Morgan fingerprint density at radius 2 is 1.61 bits per heavy atom. The number of rotatable bonds is 4. The van der Waals surface area contributed by atoms with Gasteiger partial charge in [0.25, 0.3) is 5.91 Å². The van der Waals surface area contributed by atoms with E-state index in [1.807, 2.05) is 0 Å². The number of cyclic esters (lactones) is 1. The predicted octanol–water partition coefficient (Wildman–Crippen LogP) is 5.42. The van der Waals surface area contributed by atoms with Gasteiger partial charge in [0.1, 0.15) is 18.8 Å². The predicted molar refractivity (Wildman–Crippen MR) is 103 cm³/mol. The van der Waals surface area contributed by atoms with E-state index in [0.29, 0.717) is 22.6 Å². The van der Waals surface area contributed by atoms with Crippen LogP contribution in [-0.2, 0) is 21.9 Å². The SMILES string of the molecule is C/C=C(/C(=O)N1C(=O)OC[C@@H]1c1ccccc1)[C@H](O)c1cc(C(F)(F)F)cc(C(F)(F)F)c1. The Labute approximate surface area is 183 Å². The first-order valence-electron chi connectivity index (χ1n) is 9.53. The van der Waals surface area contributed by atoms with Gasteiger partial charge in [-0.2, -0.15) is 26.3 Å². The van der Waals surface area contributed by atoms with Gasteiger partial charge in [-0.05, 0) is 36.2 Å². The first-order valence-corrected chi connectivity index (χ1v) is 9.53. The van der Waals surface area contributed by atoms with Crippen molar-refractivity contribution >= 4 is 12.0 Å². The van der Waals surface area contributed by atoms with Crippen molar-refractivity contribution in [1.82, 2.24) is 4.90 Å². The summed E-state index contributed by atoms with van der Waals surface area (Å²) >= 11 is 0. The van der Waals surface area contributed by atoms with Gasteiger partial charge in [0.15, 0.2) is 0 Å². The molecule has 1 heterocycles. The van der Waals surface area contributed by atoms with Gasteiger partial charge in [0, 0.05) is 5.57 Å². The van der Waals surface area contributed by atoms with E-state index in [1.165, 1.54) is 6.92 Å². The van der Waals surface area contributed by atoms with Crippen LogP contribution in [0.15, 0.2) is 60.2 Å². The Morgan fingerprint density at radius 1 is 1.06 bits per heavy atom. The molecule has 1 aliphatic heterocycles. The lowest BCUT2D eigenvalue weighted by molar-refractivity contribution is -0.143. The van der Waals surface area contributed by atoms with Gasteiger partial charge in [0.05, 0.1) is 11.1 Å². The topological polar surface area (TPSA) is 66.8 Å². The maximum Gasteiger partial charge on any atom is 0.417 e. The molecule has 1 saturated heterocycles. The molecule has 1 aliphatic rings. The number of halogens is 6. The van der Waals surface area contributed by atoms with E-state index in [9.17, 15) is 41.0 Å². The standard InChI is InChI=1S/C22H17F6NO4/c1-2-16(19(31)29-17(11-33-20(29)32)12-6-4-3-5-7-12)18(30)13-8-14(21(23,24)25)10-15(9-13)22(26,27)28/h2-10,17-18,30H,11H2,1H3/b16-2+/t17-,18-/m1/s1. The van der Waals surface area contributed by atoms with Crippen molar-refractivity contribution < 1.29 is 45.8 Å². The monoisotopic (exact) mass is 473 g/mol. The van der Waals surface area contributed by atoms with E-state index >= 15 is 0 Å². The molecule has 1 fully saturated rings. The summed E-state index contributed by atoms with van der Waals surface area (Å²) in [6.07, 6.45) is -12.5. The van der Waals surface area contributed by atoms with E-state index in [0.717, 1.165) is 6.08 Å². The number of imide groups is 1. The maximum atomic E-state index is 13.2. The number of allylic oxidation sites excluding steroid dienone is 1. The fraction of sp³-hybridized carbons (Fsp3) is 0.273. The number of alkyl halides is 6. The molecule has 0 bridgehead atoms. The Balaban J connectivity index is 2.01. The largest absolute Gasteiger partial charge is 0.446 e. The Morgan fingerprint density at radius 3 is 2.09 bits per heavy atom. The van der Waals surface area contributed by atoms with Crippen molar-refractivity contribution in [2.24, 2.45) is 0 Å². The van der Waals surface area contributed by atoms with E-state index in [-0.39, 0.29) is 12.7 Å². The van der Waals surface area contributed by atoms with Crippen molar-refractivity contribution in [1.29, 1.82) is 0 Å². The molecule has 33 heavy (non-hydrogen) atoms. The van der Waals surface area contributed by atoms with Gasteiger partial charge in [-0.15, -0.1) is 0 Å². The summed E-state index contributed by atoms with van der Waals surface area (Å²) in [4.78, 5) is 26.0. The van der Waals surface area contributed by atoms with Crippen LogP contribution in [0.3, 0.4) is 0 Å². The van der Waals surface area contributed by atoms with Crippen LogP contribution in [0.5, 0.6) is 0 Å². The zero-order valence-corrected chi connectivity index (χ0v) is 16.9. The van der Waals surface area contributed by atoms with Crippen molar-refractivity contribution in [3.05, 3.63) is 82.4 Å². The second-order valence-corrected chi connectivity index (χ2v) is 7.16. The van der Waals surface area contributed by atoms with Gasteiger partial charge in [0.2, 0.25) is 0 Å². The Bertz CT molecular complexity index is 1050. The smallest absolute Gasteiger partial charge is 0.417 e. The lowest BCUT2D eigenvalue weighted by Gasteiger charge is -2.24. The number of amides is 2. The molecule has 3 rings (SSSR count). The molecule has 2 atom stereocenters. The summed E-state index contributed by atoms with van der Waals surface area (Å²) in [5.74, 6) is -1.10. The molecule has 5 nitrogen and oxygen atoms in total. The van der Waals surface area contributed by atoms with Crippen molar-refractivity contribution in [2.75, 3.05) is 6.61 Å². The van der Waals surface area contributed by atoms with E-state index in [1.54, 1.807) is 30.3 Å². The van der Waals surface area contributed by atoms with Gasteiger partial charge >= 0.3 is 18.4 Å². The molecule has 0 spiro atoms.